The Kier molecular flexibility index (Phi) is 4.95. The Morgan fingerprint density at radius 1 is 0.903 bits per heavy atom. The van der Waals surface area contributed by atoms with Crippen LogP contribution in [0.2, 0.25) is 0 Å². The molecule has 7 nitrogen and oxygen atoms in total. The molecule has 7 heteroatoms. The van der Waals surface area contributed by atoms with Crippen molar-refractivity contribution in [2.45, 2.75) is 25.5 Å². The van der Waals surface area contributed by atoms with Gasteiger partial charge in [-0.25, -0.2) is 9.96 Å². The van der Waals surface area contributed by atoms with Crippen LogP contribution in [0.3, 0.4) is 0 Å². The van der Waals surface area contributed by atoms with Crippen molar-refractivity contribution in [1.29, 1.82) is 0 Å². The molecule has 158 valence electrons. The van der Waals surface area contributed by atoms with Gasteiger partial charge in [0.25, 0.3) is 5.91 Å². The van der Waals surface area contributed by atoms with Crippen molar-refractivity contribution in [2.75, 3.05) is 16.6 Å². The third-order valence-corrected chi connectivity index (χ3v) is 5.53. The second-order valence-corrected chi connectivity index (χ2v) is 7.53. The number of amides is 2. The van der Waals surface area contributed by atoms with Crippen molar-refractivity contribution in [3.8, 4) is 5.75 Å². The highest BCUT2D eigenvalue weighted by Gasteiger charge is 2.61. The Bertz CT molecular complexity index is 1070. The molecule has 2 aliphatic heterocycles. The minimum atomic E-state index is -0.918. The zero-order valence-electron chi connectivity index (χ0n) is 17.0. The van der Waals surface area contributed by atoms with Gasteiger partial charge in [0.1, 0.15) is 23.5 Å². The summed E-state index contributed by atoms with van der Waals surface area (Å²) in [7, 11) is 0. The highest BCUT2D eigenvalue weighted by Crippen LogP contribution is 2.47. The fourth-order valence-corrected chi connectivity index (χ4v) is 4.13. The van der Waals surface area contributed by atoms with Gasteiger partial charge in [-0.2, -0.15) is 0 Å². The van der Waals surface area contributed by atoms with Gasteiger partial charge < -0.3 is 9.15 Å². The molecule has 3 unspecified atom stereocenters. The Hall–Kier alpha value is -3.58. The van der Waals surface area contributed by atoms with Crippen LogP contribution in [0.5, 0.6) is 5.75 Å². The number of hydroxylamine groups is 1. The van der Waals surface area contributed by atoms with E-state index in [0.717, 1.165) is 12.1 Å². The number of imide groups is 1. The van der Waals surface area contributed by atoms with Crippen LogP contribution in [0.15, 0.2) is 77.4 Å². The first-order valence-corrected chi connectivity index (χ1v) is 10.3. The summed E-state index contributed by atoms with van der Waals surface area (Å²) in [4.78, 5) is 34.0. The molecule has 0 aliphatic carbocycles. The SMILES string of the molecule is CCCOc1ccc(N2C(=O)C3ON(c4ccccc4)C(c4ccco4)C3C2=O)cc1. The standard InChI is InChI=1S/C24H22N2O5/c1-2-14-29-18-12-10-16(11-13-18)25-23(27)20-21(19-9-6-15-30-19)26(31-22(20)24(25)28)17-7-4-3-5-8-17/h3-13,15,20-22H,2,14H2,1H3. The highest BCUT2D eigenvalue weighted by atomic mass is 16.7. The van der Waals surface area contributed by atoms with Gasteiger partial charge in [0.15, 0.2) is 6.10 Å². The van der Waals surface area contributed by atoms with E-state index >= 15 is 0 Å². The van der Waals surface area contributed by atoms with Crippen LogP contribution < -0.4 is 14.7 Å². The number of anilines is 2. The van der Waals surface area contributed by atoms with Crippen molar-refractivity contribution in [2.24, 2.45) is 5.92 Å². The Labute approximate surface area is 179 Å². The Morgan fingerprint density at radius 3 is 2.35 bits per heavy atom. The van der Waals surface area contributed by atoms with Crippen molar-refractivity contribution in [3.63, 3.8) is 0 Å². The summed E-state index contributed by atoms with van der Waals surface area (Å²) in [5, 5.41) is 1.61. The van der Waals surface area contributed by atoms with Crippen LogP contribution in [0, 0.1) is 5.92 Å². The van der Waals surface area contributed by atoms with Gasteiger partial charge in [0.2, 0.25) is 5.91 Å². The number of nitrogens with zero attached hydrogens (tertiary/aromatic N) is 2. The van der Waals surface area contributed by atoms with E-state index in [-0.39, 0.29) is 11.8 Å². The maximum atomic E-state index is 13.5. The lowest BCUT2D eigenvalue weighted by Crippen LogP contribution is -2.37. The summed E-state index contributed by atoms with van der Waals surface area (Å²) in [5.74, 6) is -0.133. The molecular weight excluding hydrogens is 396 g/mol. The molecule has 2 saturated heterocycles. The molecule has 3 heterocycles. The van der Waals surface area contributed by atoms with E-state index in [2.05, 4.69) is 0 Å². The third-order valence-electron chi connectivity index (χ3n) is 5.53. The summed E-state index contributed by atoms with van der Waals surface area (Å²) >= 11 is 0. The van der Waals surface area contributed by atoms with Crippen LogP contribution in [-0.4, -0.2) is 24.5 Å². The van der Waals surface area contributed by atoms with Gasteiger partial charge in [0, 0.05) is 0 Å². The molecule has 0 N–H and O–H groups in total. The summed E-state index contributed by atoms with van der Waals surface area (Å²) in [6.45, 7) is 2.64. The molecule has 2 fully saturated rings. The van der Waals surface area contributed by atoms with Crippen LogP contribution in [-0.2, 0) is 14.4 Å². The van der Waals surface area contributed by atoms with E-state index in [1.807, 2.05) is 37.3 Å². The quantitative estimate of drug-likeness (QED) is 0.561. The van der Waals surface area contributed by atoms with E-state index in [4.69, 9.17) is 14.0 Å². The zero-order valence-corrected chi connectivity index (χ0v) is 17.0. The normalized spacial score (nSPS) is 22.8. The summed E-state index contributed by atoms with van der Waals surface area (Å²) < 4.78 is 11.2. The van der Waals surface area contributed by atoms with Crippen molar-refractivity contribution >= 4 is 23.2 Å². The fourth-order valence-electron chi connectivity index (χ4n) is 4.13. The predicted octanol–water partition coefficient (Wildman–Crippen LogP) is 4.12. The second-order valence-electron chi connectivity index (χ2n) is 7.53. The van der Waals surface area contributed by atoms with E-state index in [9.17, 15) is 9.59 Å². The molecule has 3 atom stereocenters. The minimum Gasteiger partial charge on any atom is -0.494 e. The molecule has 2 amide bonds. The average Bonchev–Trinajstić information content (AvgIpc) is 3.51. The zero-order chi connectivity index (χ0) is 21.4. The summed E-state index contributed by atoms with van der Waals surface area (Å²) in [6.07, 6.45) is 1.54. The molecule has 1 aromatic heterocycles. The smallest absolute Gasteiger partial charge is 0.266 e. The molecule has 2 aromatic carbocycles. The molecule has 2 aliphatic rings. The lowest BCUT2D eigenvalue weighted by atomic mass is 9.94. The summed E-state index contributed by atoms with van der Waals surface area (Å²) in [6, 6.07) is 19.4. The van der Waals surface area contributed by atoms with Crippen LogP contribution in [0.1, 0.15) is 25.1 Å². The minimum absolute atomic E-state index is 0.308. The van der Waals surface area contributed by atoms with E-state index < -0.39 is 18.1 Å². The molecule has 0 radical (unpaired) electrons. The number of hydrogen-bond acceptors (Lipinski definition) is 6. The molecule has 0 bridgehead atoms. The first-order chi connectivity index (χ1) is 15.2. The number of furan rings is 1. The number of ether oxygens (including phenoxy) is 1. The van der Waals surface area contributed by atoms with Gasteiger partial charge >= 0.3 is 0 Å². The number of fused-ring (bicyclic) bond motifs is 1. The number of rotatable bonds is 6. The van der Waals surface area contributed by atoms with Crippen LogP contribution in [0.4, 0.5) is 11.4 Å². The van der Waals surface area contributed by atoms with E-state index in [1.54, 1.807) is 47.7 Å². The maximum Gasteiger partial charge on any atom is 0.266 e. The van der Waals surface area contributed by atoms with Gasteiger partial charge in [-0.15, -0.1) is 0 Å². The first kappa shape index (κ1) is 19.4. The van der Waals surface area contributed by atoms with Gasteiger partial charge in [-0.05, 0) is 55.0 Å². The van der Waals surface area contributed by atoms with Crippen LogP contribution >= 0.6 is 0 Å². The highest BCUT2D eigenvalue weighted by molar-refractivity contribution is 6.23. The number of benzene rings is 2. The molecule has 5 rings (SSSR count). The number of carbonyl (C=O) groups excluding carboxylic acids is 2. The second kappa shape index (κ2) is 7.92. The maximum absolute atomic E-state index is 13.5. The van der Waals surface area contributed by atoms with Crippen molar-refractivity contribution in [1.82, 2.24) is 0 Å². The lowest BCUT2D eigenvalue weighted by molar-refractivity contribution is -0.126. The van der Waals surface area contributed by atoms with Crippen LogP contribution in [0.25, 0.3) is 0 Å². The number of para-hydroxylation sites is 1. The fraction of sp³-hybridized carbons (Fsp3) is 0.250. The average molecular weight is 418 g/mol. The monoisotopic (exact) mass is 418 g/mol. The Morgan fingerprint density at radius 2 is 1.68 bits per heavy atom. The number of carbonyl (C=O) groups is 2. The Balaban J connectivity index is 1.47. The molecule has 0 spiro atoms. The topological polar surface area (TPSA) is 72.2 Å². The first-order valence-electron chi connectivity index (χ1n) is 10.3. The molecular formula is C24H22N2O5. The number of hydrogen-bond donors (Lipinski definition) is 0. The molecule has 31 heavy (non-hydrogen) atoms. The van der Waals surface area contributed by atoms with Crippen molar-refractivity contribution < 1.29 is 23.6 Å². The molecule has 0 saturated carbocycles. The van der Waals surface area contributed by atoms with E-state index in [1.165, 1.54) is 4.90 Å². The van der Waals surface area contributed by atoms with Crippen molar-refractivity contribution in [3.05, 3.63) is 78.8 Å². The lowest BCUT2D eigenvalue weighted by Gasteiger charge is -2.27. The summed E-state index contributed by atoms with van der Waals surface area (Å²) in [5.41, 5.74) is 1.25. The largest absolute Gasteiger partial charge is 0.494 e. The van der Waals surface area contributed by atoms with Gasteiger partial charge in [-0.3, -0.25) is 14.4 Å². The molecule has 3 aromatic rings. The van der Waals surface area contributed by atoms with E-state index in [0.29, 0.717) is 23.8 Å². The predicted molar refractivity (Wildman–Crippen MR) is 113 cm³/mol. The third kappa shape index (κ3) is 3.27. The van der Waals surface area contributed by atoms with Gasteiger partial charge in [0.05, 0.1) is 24.2 Å². The van der Waals surface area contributed by atoms with Gasteiger partial charge in [-0.1, -0.05) is 25.1 Å².